The number of unbranched alkanes of at least 4 members (excludes halogenated alkanes) is 2. The van der Waals surface area contributed by atoms with Crippen LogP contribution in [-0.4, -0.2) is 28.6 Å². The molecule has 19 heavy (non-hydrogen) atoms. The molecule has 1 heterocycles. The Morgan fingerprint density at radius 2 is 1.79 bits per heavy atom. The maximum Gasteiger partial charge on any atom is 0.131 e. The number of nitrogens with zero attached hydrogens (tertiary/aromatic N) is 2. The quantitative estimate of drug-likeness (QED) is 0.630. The van der Waals surface area contributed by atoms with Crippen LogP contribution in [0.4, 0.5) is 11.6 Å². The van der Waals surface area contributed by atoms with Gasteiger partial charge in [-0.3, -0.25) is 0 Å². The van der Waals surface area contributed by atoms with Crippen molar-refractivity contribution in [3.63, 3.8) is 0 Å². The fourth-order valence-corrected chi connectivity index (χ4v) is 1.66. The molecule has 0 saturated carbocycles. The van der Waals surface area contributed by atoms with Crippen LogP contribution < -0.4 is 16.4 Å². The van der Waals surface area contributed by atoms with Crippen LogP contribution in [0.1, 0.15) is 45.9 Å². The molecule has 0 atom stereocenters. The topological polar surface area (TPSA) is 75.9 Å². The van der Waals surface area contributed by atoms with Crippen molar-refractivity contribution in [2.24, 2.45) is 5.73 Å². The highest BCUT2D eigenvalue weighted by Gasteiger charge is 2.10. The highest BCUT2D eigenvalue weighted by molar-refractivity contribution is 5.47. The van der Waals surface area contributed by atoms with Gasteiger partial charge in [-0.2, -0.15) is 0 Å². The van der Waals surface area contributed by atoms with Crippen molar-refractivity contribution in [1.29, 1.82) is 0 Å². The van der Waals surface area contributed by atoms with Gasteiger partial charge in [0.15, 0.2) is 0 Å². The molecule has 0 bridgehead atoms. The van der Waals surface area contributed by atoms with Gasteiger partial charge in [0, 0.05) is 24.7 Å². The van der Waals surface area contributed by atoms with Gasteiger partial charge >= 0.3 is 0 Å². The van der Waals surface area contributed by atoms with E-state index in [4.69, 9.17) is 5.73 Å². The fraction of sp³-hybridized carbons (Fsp3) is 0.714. The minimum absolute atomic E-state index is 0.256. The van der Waals surface area contributed by atoms with Crippen LogP contribution in [0, 0.1) is 6.92 Å². The monoisotopic (exact) mass is 265 g/mol. The number of nitrogens with two attached hydrogens (primary N) is 1. The molecule has 1 rings (SSSR count). The third-order valence-electron chi connectivity index (χ3n) is 2.65. The van der Waals surface area contributed by atoms with Gasteiger partial charge in [-0.05, 0) is 27.2 Å². The summed E-state index contributed by atoms with van der Waals surface area (Å²) < 4.78 is 0. The van der Waals surface area contributed by atoms with E-state index in [-0.39, 0.29) is 5.54 Å². The number of nitrogens with one attached hydrogen (secondary N) is 2. The predicted octanol–water partition coefficient (Wildman–Crippen LogP) is 2.54. The molecule has 0 aliphatic rings. The molecular weight excluding hydrogens is 238 g/mol. The summed E-state index contributed by atoms with van der Waals surface area (Å²) in [5.74, 6) is 2.46. The molecule has 0 aliphatic heterocycles. The van der Waals surface area contributed by atoms with Crippen LogP contribution in [0.15, 0.2) is 6.07 Å². The minimum Gasteiger partial charge on any atom is -0.370 e. The van der Waals surface area contributed by atoms with Crippen molar-refractivity contribution in [3.05, 3.63) is 11.9 Å². The predicted molar refractivity (Wildman–Crippen MR) is 81.5 cm³/mol. The Balaban J connectivity index is 2.56. The first-order valence-corrected chi connectivity index (χ1v) is 7.03. The second-order valence-corrected chi connectivity index (χ2v) is 5.66. The van der Waals surface area contributed by atoms with E-state index in [0.717, 1.165) is 30.4 Å². The molecule has 0 amide bonds. The summed E-state index contributed by atoms with van der Waals surface area (Å²) in [6.45, 7) is 9.70. The van der Waals surface area contributed by atoms with E-state index in [1.165, 1.54) is 12.8 Å². The van der Waals surface area contributed by atoms with Crippen molar-refractivity contribution >= 4 is 11.6 Å². The summed E-state index contributed by atoms with van der Waals surface area (Å²) >= 11 is 0. The fourth-order valence-electron chi connectivity index (χ4n) is 1.66. The van der Waals surface area contributed by atoms with E-state index in [1.807, 2.05) is 26.8 Å². The third kappa shape index (κ3) is 6.96. The van der Waals surface area contributed by atoms with Gasteiger partial charge in [0.2, 0.25) is 0 Å². The molecule has 0 radical (unpaired) electrons. The van der Waals surface area contributed by atoms with Gasteiger partial charge < -0.3 is 16.4 Å². The first kappa shape index (κ1) is 15.7. The molecule has 4 N–H and O–H groups in total. The Morgan fingerprint density at radius 1 is 1.16 bits per heavy atom. The van der Waals surface area contributed by atoms with Crippen LogP contribution in [-0.2, 0) is 0 Å². The molecule has 5 nitrogen and oxygen atoms in total. The second-order valence-electron chi connectivity index (χ2n) is 5.66. The number of aromatic nitrogens is 2. The van der Waals surface area contributed by atoms with Crippen molar-refractivity contribution in [1.82, 2.24) is 9.97 Å². The smallest absolute Gasteiger partial charge is 0.131 e. The Hall–Kier alpha value is -1.36. The molecule has 1 aromatic rings. The lowest BCUT2D eigenvalue weighted by Gasteiger charge is -2.19. The standard InChI is InChI=1S/C14H27N5/c1-5-6-7-8-16-12-9-13(19-11(2)18-12)17-10-14(3,4)15/h9H,5-8,10,15H2,1-4H3,(H2,16,17,18,19). The number of rotatable bonds is 8. The molecule has 0 fully saturated rings. The average Bonchev–Trinajstić information content (AvgIpc) is 2.31. The Bertz CT molecular complexity index is 384. The SMILES string of the molecule is CCCCCNc1cc(NCC(C)(C)N)nc(C)n1. The van der Waals surface area contributed by atoms with Gasteiger partial charge in [0.1, 0.15) is 17.5 Å². The zero-order valence-corrected chi connectivity index (χ0v) is 12.6. The summed E-state index contributed by atoms with van der Waals surface area (Å²) in [5, 5.41) is 6.59. The molecule has 1 aromatic heterocycles. The summed E-state index contributed by atoms with van der Waals surface area (Å²) in [4.78, 5) is 8.75. The number of hydrogen-bond donors (Lipinski definition) is 3. The van der Waals surface area contributed by atoms with E-state index in [1.54, 1.807) is 0 Å². The third-order valence-corrected chi connectivity index (χ3v) is 2.65. The summed E-state index contributed by atoms with van der Waals surface area (Å²) in [5.41, 5.74) is 5.70. The largest absolute Gasteiger partial charge is 0.370 e. The van der Waals surface area contributed by atoms with Crippen LogP contribution in [0.3, 0.4) is 0 Å². The molecule has 0 aliphatic carbocycles. The first-order chi connectivity index (χ1) is 8.90. The highest BCUT2D eigenvalue weighted by atomic mass is 15.1. The molecule has 0 unspecified atom stereocenters. The molecule has 0 aromatic carbocycles. The van der Waals surface area contributed by atoms with E-state index in [2.05, 4.69) is 27.5 Å². The number of aryl methyl sites for hydroxylation is 1. The van der Waals surface area contributed by atoms with Crippen LogP contribution in [0.2, 0.25) is 0 Å². The Morgan fingerprint density at radius 3 is 2.37 bits per heavy atom. The van der Waals surface area contributed by atoms with Crippen molar-refractivity contribution in [3.8, 4) is 0 Å². The number of anilines is 2. The summed E-state index contributed by atoms with van der Waals surface area (Å²) in [6.07, 6.45) is 3.63. The van der Waals surface area contributed by atoms with Crippen LogP contribution >= 0.6 is 0 Å². The van der Waals surface area contributed by atoms with Crippen molar-refractivity contribution < 1.29 is 0 Å². The van der Waals surface area contributed by atoms with Crippen LogP contribution in [0.5, 0.6) is 0 Å². The first-order valence-electron chi connectivity index (χ1n) is 7.03. The molecule has 0 spiro atoms. The lowest BCUT2D eigenvalue weighted by atomic mass is 10.1. The van der Waals surface area contributed by atoms with Gasteiger partial charge in [0.25, 0.3) is 0 Å². The molecule has 0 saturated heterocycles. The highest BCUT2D eigenvalue weighted by Crippen LogP contribution is 2.12. The molecule has 5 heteroatoms. The lowest BCUT2D eigenvalue weighted by Crippen LogP contribution is -2.39. The van der Waals surface area contributed by atoms with E-state index in [9.17, 15) is 0 Å². The lowest BCUT2D eigenvalue weighted by molar-refractivity contribution is 0.548. The maximum absolute atomic E-state index is 5.95. The maximum atomic E-state index is 5.95. The Labute approximate surface area is 116 Å². The van der Waals surface area contributed by atoms with E-state index >= 15 is 0 Å². The minimum atomic E-state index is -0.256. The van der Waals surface area contributed by atoms with E-state index in [0.29, 0.717) is 6.54 Å². The average molecular weight is 265 g/mol. The second kappa shape index (κ2) is 7.28. The van der Waals surface area contributed by atoms with Gasteiger partial charge in [-0.15, -0.1) is 0 Å². The van der Waals surface area contributed by atoms with Crippen molar-refractivity contribution in [2.75, 3.05) is 23.7 Å². The Kier molecular flexibility index (Phi) is 6.02. The zero-order valence-electron chi connectivity index (χ0n) is 12.6. The zero-order chi connectivity index (χ0) is 14.3. The molecular formula is C14H27N5. The van der Waals surface area contributed by atoms with Crippen LogP contribution in [0.25, 0.3) is 0 Å². The number of hydrogen-bond acceptors (Lipinski definition) is 5. The van der Waals surface area contributed by atoms with Gasteiger partial charge in [-0.1, -0.05) is 19.8 Å². The van der Waals surface area contributed by atoms with Crippen molar-refractivity contribution in [2.45, 2.75) is 52.5 Å². The van der Waals surface area contributed by atoms with Gasteiger partial charge in [-0.25, -0.2) is 9.97 Å². The molecule has 108 valence electrons. The summed E-state index contributed by atoms with van der Waals surface area (Å²) in [7, 11) is 0. The summed E-state index contributed by atoms with van der Waals surface area (Å²) in [6, 6.07) is 1.94. The normalized spacial score (nSPS) is 11.4. The van der Waals surface area contributed by atoms with Gasteiger partial charge in [0.05, 0.1) is 0 Å². The van der Waals surface area contributed by atoms with E-state index < -0.39 is 0 Å².